The number of benzene rings is 2. The van der Waals surface area contributed by atoms with E-state index in [9.17, 15) is 4.79 Å². The summed E-state index contributed by atoms with van der Waals surface area (Å²) < 4.78 is 6.07. The van der Waals surface area contributed by atoms with Gasteiger partial charge in [0.05, 0.1) is 5.69 Å². The number of H-pyrrole nitrogens is 1. The standard InChI is InChI=1S/C21H17NO2/c23-17-10-3-2-7-15-20-14(17)8-5-9-16(20)22-21(15)19-12-13-6-1-4-11-18(13)24-19/h1,4-6,8-9,11-12,22H,2-3,7,10H2. The molecule has 4 aromatic rings. The van der Waals surface area contributed by atoms with E-state index >= 15 is 0 Å². The van der Waals surface area contributed by atoms with E-state index in [1.165, 1.54) is 5.56 Å². The molecule has 1 aliphatic carbocycles. The number of rotatable bonds is 1. The number of carbonyl (C=O) groups excluding carboxylic acids is 1. The van der Waals surface area contributed by atoms with Gasteiger partial charge in [-0.25, -0.2) is 0 Å². The maximum absolute atomic E-state index is 12.5. The van der Waals surface area contributed by atoms with E-state index < -0.39 is 0 Å². The number of furan rings is 1. The largest absolute Gasteiger partial charge is 0.455 e. The van der Waals surface area contributed by atoms with E-state index in [4.69, 9.17) is 4.42 Å². The predicted molar refractivity (Wildman–Crippen MR) is 95.4 cm³/mol. The molecule has 0 bridgehead atoms. The van der Waals surface area contributed by atoms with Crippen LogP contribution in [0.2, 0.25) is 0 Å². The summed E-state index contributed by atoms with van der Waals surface area (Å²) in [5, 5.41) is 2.18. The monoisotopic (exact) mass is 315 g/mol. The average molecular weight is 315 g/mol. The molecule has 0 spiro atoms. The van der Waals surface area contributed by atoms with E-state index in [1.807, 2.05) is 36.4 Å². The second-order valence-electron chi connectivity index (χ2n) is 6.49. The number of nitrogens with one attached hydrogen (secondary N) is 1. The molecule has 118 valence electrons. The minimum atomic E-state index is 0.247. The fourth-order valence-corrected chi connectivity index (χ4v) is 3.84. The van der Waals surface area contributed by atoms with E-state index in [2.05, 4.69) is 17.1 Å². The highest BCUT2D eigenvalue weighted by molar-refractivity contribution is 6.10. The summed E-state index contributed by atoms with van der Waals surface area (Å²) in [5.74, 6) is 1.10. The summed E-state index contributed by atoms with van der Waals surface area (Å²) in [6, 6.07) is 16.1. The lowest BCUT2D eigenvalue weighted by atomic mass is 9.92. The van der Waals surface area contributed by atoms with Crippen LogP contribution in [0.5, 0.6) is 0 Å². The van der Waals surface area contributed by atoms with Crippen LogP contribution in [0.4, 0.5) is 0 Å². The fraction of sp³-hybridized carbons (Fsp3) is 0.190. The molecule has 0 aliphatic heterocycles. The van der Waals surface area contributed by atoms with Gasteiger partial charge in [-0.3, -0.25) is 4.79 Å². The second-order valence-corrected chi connectivity index (χ2v) is 6.49. The Labute approximate surface area is 139 Å². The Kier molecular flexibility index (Phi) is 2.89. The summed E-state index contributed by atoms with van der Waals surface area (Å²) in [6.45, 7) is 0. The van der Waals surface area contributed by atoms with Crippen LogP contribution in [0.3, 0.4) is 0 Å². The highest BCUT2D eigenvalue weighted by Gasteiger charge is 2.22. The van der Waals surface area contributed by atoms with Gasteiger partial charge >= 0.3 is 0 Å². The Morgan fingerprint density at radius 1 is 0.958 bits per heavy atom. The zero-order valence-corrected chi connectivity index (χ0v) is 13.3. The average Bonchev–Trinajstić information content (AvgIpc) is 3.17. The molecule has 0 saturated carbocycles. The highest BCUT2D eigenvalue weighted by atomic mass is 16.3. The maximum atomic E-state index is 12.5. The summed E-state index contributed by atoms with van der Waals surface area (Å²) in [4.78, 5) is 16.0. The van der Waals surface area contributed by atoms with E-state index in [1.54, 1.807) is 0 Å². The van der Waals surface area contributed by atoms with Crippen LogP contribution in [0.1, 0.15) is 35.2 Å². The first-order chi connectivity index (χ1) is 11.8. The van der Waals surface area contributed by atoms with Crippen molar-refractivity contribution in [2.24, 2.45) is 0 Å². The van der Waals surface area contributed by atoms with Crippen molar-refractivity contribution in [2.45, 2.75) is 25.7 Å². The molecule has 0 unspecified atom stereocenters. The summed E-state index contributed by atoms with van der Waals surface area (Å²) >= 11 is 0. The molecule has 0 atom stereocenters. The Hall–Kier alpha value is -2.81. The lowest BCUT2D eigenvalue weighted by Gasteiger charge is -2.10. The Balaban J connectivity index is 1.82. The molecule has 3 nitrogen and oxygen atoms in total. The van der Waals surface area contributed by atoms with Gasteiger partial charge in [0.15, 0.2) is 11.5 Å². The van der Waals surface area contributed by atoms with Crippen LogP contribution in [0, 0.1) is 0 Å². The van der Waals surface area contributed by atoms with Crippen molar-refractivity contribution in [2.75, 3.05) is 0 Å². The smallest absolute Gasteiger partial charge is 0.163 e. The molecule has 0 amide bonds. The number of aryl methyl sites for hydroxylation is 1. The van der Waals surface area contributed by atoms with Crippen LogP contribution in [0.15, 0.2) is 52.9 Å². The molecule has 0 saturated heterocycles. The Morgan fingerprint density at radius 3 is 2.75 bits per heavy atom. The third kappa shape index (κ3) is 1.94. The molecule has 3 heteroatoms. The second kappa shape index (κ2) is 5.10. The molecule has 2 heterocycles. The number of ketones is 1. The maximum Gasteiger partial charge on any atom is 0.163 e. The van der Waals surface area contributed by atoms with Crippen LogP contribution in [-0.4, -0.2) is 10.8 Å². The molecule has 0 radical (unpaired) electrons. The van der Waals surface area contributed by atoms with Gasteiger partial charge in [0.2, 0.25) is 0 Å². The Morgan fingerprint density at radius 2 is 1.83 bits per heavy atom. The molecular weight excluding hydrogens is 298 g/mol. The number of hydrogen-bond acceptors (Lipinski definition) is 2. The third-order valence-corrected chi connectivity index (χ3v) is 4.98. The number of Topliss-reactive ketones (excluding diaryl/α,β-unsaturated/α-hetero) is 1. The van der Waals surface area contributed by atoms with Gasteiger partial charge in [0, 0.05) is 28.3 Å². The fourth-order valence-electron chi connectivity index (χ4n) is 3.84. The molecule has 24 heavy (non-hydrogen) atoms. The van der Waals surface area contributed by atoms with Gasteiger partial charge < -0.3 is 9.40 Å². The number of aromatic amines is 1. The summed E-state index contributed by atoms with van der Waals surface area (Å²) in [7, 11) is 0. The van der Waals surface area contributed by atoms with Gasteiger partial charge in [-0.05, 0) is 43.0 Å². The van der Waals surface area contributed by atoms with Gasteiger partial charge in [-0.2, -0.15) is 0 Å². The van der Waals surface area contributed by atoms with Crippen molar-refractivity contribution in [3.8, 4) is 11.5 Å². The molecule has 5 rings (SSSR count). The predicted octanol–water partition coefficient (Wildman–Crippen LogP) is 5.49. The number of aromatic nitrogens is 1. The van der Waals surface area contributed by atoms with E-state index in [-0.39, 0.29) is 5.78 Å². The molecule has 1 aliphatic rings. The number of fused-ring (bicyclic) bond motifs is 1. The van der Waals surface area contributed by atoms with Gasteiger partial charge in [-0.1, -0.05) is 30.3 Å². The number of carbonyl (C=O) groups is 1. The van der Waals surface area contributed by atoms with Crippen molar-refractivity contribution >= 4 is 27.7 Å². The van der Waals surface area contributed by atoms with Crippen molar-refractivity contribution in [3.63, 3.8) is 0 Å². The first-order valence-corrected chi connectivity index (χ1v) is 8.47. The molecule has 2 aromatic carbocycles. The lowest BCUT2D eigenvalue weighted by Crippen LogP contribution is -2.04. The quantitative estimate of drug-likeness (QED) is 0.505. The zero-order chi connectivity index (χ0) is 16.1. The molecular formula is C21H17NO2. The van der Waals surface area contributed by atoms with Crippen LogP contribution < -0.4 is 0 Å². The minimum Gasteiger partial charge on any atom is -0.455 e. The molecule has 1 N–H and O–H groups in total. The minimum absolute atomic E-state index is 0.247. The van der Waals surface area contributed by atoms with Crippen LogP contribution in [-0.2, 0) is 6.42 Å². The topological polar surface area (TPSA) is 46.0 Å². The van der Waals surface area contributed by atoms with Crippen molar-refractivity contribution in [3.05, 3.63) is 59.7 Å². The summed E-state index contributed by atoms with van der Waals surface area (Å²) in [6.07, 6.45) is 3.58. The van der Waals surface area contributed by atoms with Crippen molar-refractivity contribution < 1.29 is 9.21 Å². The molecule has 0 fully saturated rings. The number of hydrogen-bond donors (Lipinski definition) is 1. The first-order valence-electron chi connectivity index (χ1n) is 8.47. The van der Waals surface area contributed by atoms with Crippen molar-refractivity contribution in [1.29, 1.82) is 0 Å². The SMILES string of the molecule is O=C1CCCCc2c(-c3cc4ccccc4o3)[nH]c3cccc1c23. The summed E-state index contributed by atoms with van der Waals surface area (Å²) in [5.41, 5.74) is 4.99. The van der Waals surface area contributed by atoms with Gasteiger partial charge in [-0.15, -0.1) is 0 Å². The lowest BCUT2D eigenvalue weighted by molar-refractivity contribution is 0.0980. The van der Waals surface area contributed by atoms with Crippen LogP contribution in [0.25, 0.3) is 33.3 Å². The van der Waals surface area contributed by atoms with Gasteiger partial charge in [0.25, 0.3) is 0 Å². The van der Waals surface area contributed by atoms with E-state index in [0.29, 0.717) is 6.42 Å². The number of para-hydroxylation sites is 1. The van der Waals surface area contributed by atoms with Crippen LogP contribution >= 0.6 is 0 Å². The van der Waals surface area contributed by atoms with Gasteiger partial charge in [0.1, 0.15) is 5.58 Å². The zero-order valence-electron chi connectivity index (χ0n) is 13.3. The molecule has 2 aromatic heterocycles. The third-order valence-electron chi connectivity index (χ3n) is 4.98. The van der Waals surface area contributed by atoms with Crippen molar-refractivity contribution in [1.82, 2.24) is 4.98 Å². The van der Waals surface area contributed by atoms with E-state index in [0.717, 1.165) is 58.2 Å². The first kappa shape index (κ1) is 13.6. The Bertz CT molecular complexity index is 1050. The normalized spacial score (nSPS) is 14.9. The highest BCUT2D eigenvalue weighted by Crippen LogP contribution is 2.37.